The lowest BCUT2D eigenvalue weighted by Crippen LogP contribution is -2.19. The second-order valence-electron chi connectivity index (χ2n) is 2.22. The van der Waals surface area contributed by atoms with Crippen LogP contribution in [0.5, 0.6) is 0 Å². The van der Waals surface area contributed by atoms with Gasteiger partial charge >= 0.3 is 0 Å². The highest BCUT2D eigenvalue weighted by molar-refractivity contribution is 9.10. The standard InChI is InChI=1S/C7H8BrN3S/c8-4-1-2-6(5(9)3-4)11-7(10)12/h1-3H,9H2,(H3,10,11,12). The molecule has 0 aromatic heterocycles. The molecular weight excluding hydrogens is 238 g/mol. The van der Waals surface area contributed by atoms with Gasteiger partial charge in [-0.25, -0.2) is 0 Å². The molecule has 0 aliphatic heterocycles. The van der Waals surface area contributed by atoms with E-state index < -0.39 is 0 Å². The van der Waals surface area contributed by atoms with E-state index in [-0.39, 0.29) is 5.11 Å². The zero-order valence-electron chi connectivity index (χ0n) is 6.17. The van der Waals surface area contributed by atoms with Crippen LogP contribution in [0.4, 0.5) is 11.4 Å². The van der Waals surface area contributed by atoms with Crippen molar-refractivity contribution in [2.45, 2.75) is 0 Å². The predicted molar refractivity (Wildman–Crippen MR) is 59.0 cm³/mol. The fraction of sp³-hybridized carbons (Fsp3) is 0. The van der Waals surface area contributed by atoms with Crippen molar-refractivity contribution in [3.63, 3.8) is 0 Å². The summed E-state index contributed by atoms with van der Waals surface area (Å²) in [5.41, 5.74) is 12.3. The van der Waals surface area contributed by atoms with E-state index in [9.17, 15) is 0 Å². The zero-order valence-corrected chi connectivity index (χ0v) is 8.58. The lowest BCUT2D eigenvalue weighted by Gasteiger charge is -2.06. The number of benzene rings is 1. The average Bonchev–Trinajstić information content (AvgIpc) is 1.94. The highest BCUT2D eigenvalue weighted by Gasteiger charge is 1.98. The number of anilines is 2. The van der Waals surface area contributed by atoms with Crippen LogP contribution in [0.3, 0.4) is 0 Å². The van der Waals surface area contributed by atoms with Crippen LogP contribution in [-0.4, -0.2) is 5.11 Å². The number of nitrogens with two attached hydrogens (primary N) is 2. The Bertz CT molecular complexity index is 314. The van der Waals surface area contributed by atoms with Gasteiger partial charge in [0.2, 0.25) is 0 Å². The Hall–Kier alpha value is -0.810. The van der Waals surface area contributed by atoms with Crippen LogP contribution < -0.4 is 16.8 Å². The van der Waals surface area contributed by atoms with Crippen molar-refractivity contribution < 1.29 is 0 Å². The van der Waals surface area contributed by atoms with E-state index in [4.69, 9.17) is 11.5 Å². The molecule has 0 heterocycles. The van der Waals surface area contributed by atoms with Crippen LogP contribution in [0.1, 0.15) is 0 Å². The van der Waals surface area contributed by atoms with Gasteiger partial charge in [0, 0.05) is 4.47 Å². The fourth-order valence-corrected chi connectivity index (χ4v) is 1.27. The first-order chi connectivity index (χ1) is 5.59. The lowest BCUT2D eigenvalue weighted by molar-refractivity contribution is 1.58. The third kappa shape index (κ3) is 2.35. The van der Waals surface area contributed by atoms with Crippen LogP contribution in [-0.2, 0) is 0 Å². The van der Waals surface area contributed by atoms with E-state index in [1.54, 1.807) is 12.1 Å². The van der Waals surface area contributed by atoms with Crippen molar-refractivity contribution in [3.8, 4) is 0 Å². The van der Waals surface area contributed by atoms with Gasteiger partial charge in [-0.15, -0.1) is 0 Å². The highest BCUT2D eigenvalue weighted by atomic mass is 79.9. The molecule has 0 atom stereocenters. The summed E-state index contributed by atoms with van der Waals surface area (Å²) in [6, 6.07) is 5.44. The Labute approximate surface area is 84.3 Å². The molecule has 0 saturated carbocycles. The normalized spacial score (nSPS) is 9.42. The summed E-state index contributed by atoms with van der Waals surface area (Å²) in [4.78, 5) is 0. The number of thiocarbonyl (C=S) groups is 1. The number of hydrogen-bond donors (Lipinski definition) is 3. The van der Waals surface area contributed by atoms with Gasteiger partial charge in [0.15, 0.2) is 5.11 Å². The van der Waals surface area contributed by atoms with Gasteiger partial charge in [0.25, 0.3) is 0 Å². The topological polar surface area (TPSA) is 64.1 Å². The van der Waals surface area contributed by atoms with Crippen molar-refractivity contribution in [2.24, 2.45) is 5.73 Å². The molecule has 0 radical (unpaired) electrons. The van der Waals surface area contributed by atoms with Gasteiger partial charge in [-0.3, -0.25) is 0 Å². The number of hydrogen-bond acceptors (Lipinski definition) is 2. The second kappa shape index (κ2) is 3.73. The third-order valence-electron chi connectivity index (χ3n) is 1.27. The molecule has 1 aromatic rings. The summed E-state index contributed by atoms with van der Waals surface area (Å²) in [6.07, 6.45) is 0. The maximum Gasteiger partial charge on any atom is 0.168 e. The van der Waals surface area contributed by atoms with Gasteiger partial charge < -0.3 is 16.8 Å². The first-order valence-electron chi connectivity index (χ1n) is 3.21. The molecule has 0 saturated heterocycles. The first-order valence-corrected chi connectivity index (χ1v) is 4.41. The van der Waals surface area contributed by atoms with E-state index in [2.05, 4.69) is 33.5 Å². The molecule has 5 heteroatoms. The van der Waals surface area contributed by atoms with E-state index in [0.29, 0.717) is 5.69 Å². The van der Waals surface area contributed by atoms with E-state index in [1.807, 2.05) is 6.07 Å². The SMILES string of the molecule is NC(=S)Nc1ccc(Br)cc1N. The van der Waals surface area contributed by atoms with Crippen molar-refractivity contribution in [3.05, 3.63) is 22.7 Å². The minimum atomic E-state index is 0.212. The Balaban J connectivity index is 2.93. The molecule has 0 aliphatic rings. The van der Waals surface area contributed by atoms with Gasteiger partial charge in [-0.05, 0) is 30.4 Å². The molecule has 5 N–H and O–H groups in total. The summed E-state index contributed by atoms with van der Waals surface area (Å²) in [5, 5.41) is 2.98. The molecule has 64 valence electrons. The zero-order chi connectivity index (χ0) is 9.14. The fourth-order valence-electron chi connectivity index (χ4n) is 0.780. The number of nitrogens with one attached hydrogen (secondary N) is 1. The molecule has 1 rings (SSSR count). The van der Waals surface area contributed by atoms with Crippen LogP contribution in [0, 0.1) is 0 Å². The monoisotopic (exact) mass is 245 g/mol. The van der Waals surface area contributed by atoms with Crippen molar-refractivity contribution in [2.75, 3.05) is 11.1 Å². The molecule has 1 aromatic carbocycles. The largest absolute Gasteiger partial charge is 0.397 e. The van der Waals surface area contributed by atoms with Gasteiger partial charge in [-0.2, -0.15) is 0 Å². The number of rotatable bonds is 1. The summed E-state index contributed by atoms with van der Waals surface area (Å²) < 4.78 is 0.925. The van der Waals surface area contributed by atoms with E-state index >= 15 is 0 Å². The van der Waals surface area contributed by atoms with E-state index in [0.717, 1.165) is 10.2 Å². The minimum absolute atomic E-state index is 0.212. The van der Waals surface area contributed by atoms with Crippen LogP contribution in [0.2, 0.25) is 0 Å². The summed E-state index contributed by atoms with van der Waals surface area (Å²) >= 11 is 7.96. The molecule has 0 fully saturated rings. The Kier molecular flexibility index (Phi) is 2.88. The smallest absolute Gasteiger partial charge is 0.168 e. The molecule has 0 aliphatic carbocycles. The molecule has 0 spiro atoms. The van der Waals surface area contributed by atoms with Crippen molar-refractivity contribution in [1.29, 1.82) is 0 Å². The molecule has 3 nitrogen and oxygen atoms in total. The maximum absolute atomic E-state index is 5.66. The van der Waals surface area contributed by atoms with E-state index in [1.165, 1.54) is 0 Å². The Morgan fingerprint density at radius 3 is 2.67 bits per heavy atom. The molecular formula is C7H8BrN3S. The Morgan fingerprint density at radius 2 is 2.17 bits per heavy atom. The predicted octanol–water partition coefficient (Wildman–Crippen LogP) is 1.69. The van der Waals surface area contributed by atoms with Gasteiger partial charge in [0.05, 0.1) is 11.4 Å². The van der Waals surface area contributed by atoms with Crippen LogP contribution >= 0.6 is 28.1 Å². The lowest BCUT2D eigenvalue weighted by atomic mass is 10.3. The summed E-state index contributed by atoms with van der Waals surface area (Å²) in [6.45, 7) is 0. The molecule has 12 heavy (non-hydrogen) atoms. The number of halogens is 1. The van der Waals surface area contributed by atoms with Crippen LogP contribution in [0.25, 0.3) is 0 Å². The third-order valence-corrected chi connectivity index (χ3v) is 1.87. The Morgan fingerprint density at radius 1 is 1.50 bits per heavy atom. The van der Waals surface area contributed by atoms with Crippen molar-refractivity contribution in [1.82, 2.24) is 0 Å². The minimum Gasteiger partial charge on any atom is -0.397 e. The average molecular weight is 246 g/mol. The molecule has 0 unspecified atom stereocenters. The first kappa shape index (κ1) is 9.28. The summed E-state index contributed by atoms with van der Waals surface area (Å²) in [7, 11) is 0. The molecule has 0 amide bonds. The second-order valence-corrected chi connectivity index (χ2v) is 3.58. The van der Waals surface area contributed by atoms with Crippen LogP contribution in [0.15, 0.2) is 22.7 Å². The van der Waals surface area contributed by atoms with Crippen molar-refractivity contribution >= 4 is 44.6 Å². The van der Waals surface area contributed by atoms with Gasteiger partial charge in [0.1, 0.15) is 0 Å². The summed E-state index contributed by atoms with van der Waals surface area (Å²) in [5.74, 6) is 0. The maximum atomic E-state index is 5.66. The molecule has 0 bridgehead atoms. The van der Waals surface area contributed by atoms with Gasteiger partial charge in [-0.1, -0.05) is 15.9 Å². The highest BCUT2D eigenvalue weighted by Crippen LogP contribution is 2.22. The quantitative estimate of drug-likeness (QED) is 0.521. The number of nitrogen functional groups attached to an aromatic ring is 1.